The van der Waals surface area contributed by atoms with Crippen molar-refractivity contribution in [1.82, 2.24) is 0 Å². The van der Waals surface area contributed by atoms with E-state index in [4.69, 9.17) is 0 Å². The second-order valence-electron chi connectivity index (χ2n) is 6.72. The van der Waals surface area contributed by atoms with Crippen LogP contribution in [0, 0.1) is 13.8 Å². The maximum Gasteiger partial charge on any atom is 0.194 e. The summed E-state index contributed by atoms with van der Waals surface area (Å²) in [5.41, 5.74) is 5.96. The van der Waals surface area contributed by atoms with Gasteiger partial charge >= 0.3 is 0 Å². The molecule has 0 unspecified atom stereocenters. The first kappa shape index (κ1) is 16.3. The molecule has 0 aliphatic heterocycles. The first-order valence-corrected chi connectivity index (χ1v) is 8.84. The molecule has 4 aromatic carbocycles. The van der Waals surface area contributed by atoms with Gasteiger partial charge in [0.2, 0.25) is 0 Å². The van der Waals surface area contributed by atoms with Crippen LogP contribution in [0.25, 0.3) is 21.9 Å². The maximum atomic E-state index is 13.4. The highest BCUT2D eigenvalue weighted by molar-refractivity contribution is 6.20. The number of hydrogen-bond donors (Lipinski definition) is 0. The van der Waals surface area contributed by atoms with Gasteiger partial charge in [0.1, 0.15) is 0 Å². The number of rotatable bonds is 3. The molecular formula is C25H20O. The molecule has 0 fully saturated rings. The van der Waals surface area contributed by atoms with E-state index in [1.54, 1.807) is 0 Å². The van der Waals surface area contributed by atoms with Crippen LogP contribution in [0.4, 0.5) is 0 Å². The lowest BCUT2D eigenvalue weighted by molar-refractivity contribution is 0.104. The topological polar surface area (TPSA) is 17.1 Å². The highest BCUT2D eigenvalue weighted by Crippen LogP contribution is 2.34. The Bertz CT molecular complexity index is 1090. The molecule has 0 heterocycles. The van der Waals surface area contributed by atoms with Crippen molar-refractivity contribution < 1.29 is 4.79 Å². The number of carbonyl (C=O) groups excluding carboxylic acids is 1. The molecule has 0 aromatic heterocycles. The zero-order valence-corrected chi connectivity index (χ0v) is 15.0. The van der Waals surface area contributed by atoms with Crippen molar-refractivity contribution in [2.24, 2.45) is 0 Å². The van der Waals surface area contributed by atoms with E-state index in [-0.39, 0.29) is 5.78 Å². The molecular weight excluding hydrogens is 316 g/mol. The van der Waals surface area contributed by atoms with Gasteiger partial charge in [-0.1, -0.05) is 90.5 Å². The summed E-state index contributed by atoms with van der Waals surface area (Å²) in [6, 6.07) is 28.2. The Hall–Kier alpha value is -3.19. The SMILES string of the molecule is Cc1ccc(-c2cc(C)c3ccccc3c2C(=O)c2ccccc2)cc1. The molecule has 0 saturated carbocycles. The van der Waals surface area contributed by atoms with Crippen LogP contribution in [-0.2, 0) is 0 Å². The van der Waals surface area contributed by atoms with E-state index in [1.807, 2.05) is 42.5 Å². The molecule has 0 aliphatic carbocycles. The van der Waals surface area contributed by atoms with E-state index in [0.29, 0.717) is 0 Å². The van der Waals surface area contributed by atoms with Gasteiger partial charge in [-0.2, -0.15) is 0 Å². The molecule has 126 valence electrons. The van der Waals surface area contributed by atoms with Crippen molar-refractivity contribution in [2.75, 3.05) is 0 Å². The minimum Gasteiger partial charge on any atom is -0.289 e. The Labute approximate surface area is 153 Å². The van der Waals surface area contributed by atoms with E-state index < -0.39 is 0 Å². The molecule has 0 spiro atoms. The van der Waals surface area contributed by atoms with Crippen molar-refractivity contribution >= 4 is 16.6 Å². The quantitative estimate of drug-likeness (QED) is 0.398. The Morgan fingerprint density at radius 1 is 0.692 bits per heavy atom. The first-order valence-electron chi connectivity index (χ1n) is 8.84. The summed E-state index contributed by atoms with van der Waals surface area (Å²) >= 11 is 0. The van der Waals surface area contributed by atoms with Crippen LogP contribution < -0.4 is 0 Å². The van der Waals surface area contributed by atoms with Crippen LogP contribution >= 0.6 is 0 Å². The molecule has 0 aliphatic rings. The van der Waals surface area contributed by atoms with Crippen LogP contribution in [0.3, 0.4) is 0 Å². The summed E-state index contributed by atoms with van der Waals surface area (Å²) in [6.07, 6.45) is 0. The molecule has 0 N–H and O–H groups in total. The van der Waals surface area contributed by atoms with E-state index in [1.165, 1.54) is 11.1 Å². The zero-order chi connectivity index (χ0) is 18.1. The second kappa shape index (κ2) is 6.61. The maximum absolute atomic E-state index is 13.4. The largest absolute Gasteiger partial charge is 0.289 e. The molecule has 4 rings (SSSR count). The number of hydrogen-bond acceptors (Lipinski definition) is 1. The van der Waals surface area contributed by atoms with Gasteiger partial charge in [0.15, 0.2) is 5.78 Å². The standard InChI is InChI=1S/C25H20O/c1-17-12-14-19(15-13-17)23-16-18(2)21-10-6-7-11-22(21)24(23)25(26)20-8-4-3-5-9-20/h3-16H,1-2H3. The predicted octanol–water partition coefficient (Wildman–Crippen LogP) is 6.35. The molecule has 1 nitrogen and oxygen atoms in total. The van der Waals surface area contributed by atoms with E-state index in [2.05, 4.69) is 56.3 Å². The smallest absolute Gasteiger partial charge is 0.194 e. The van der Waals surface area contributed by atoms with Gasteiger partial charge in [-0.3, -0.25) is 4.79 Å². The average molecular weight is 336 g/mol. The summed E-state index contributed by atoms with van der Waals surface area (Å²) < 4.78 is 0. The van der Waals surface area contributed by atoms with Crippen molar-refractivity contribution in [3.8, 4) is 11.1 Å². The third kappa shape index (κ3) is 2.82. The van der Waals surface area contributed by atoms with Crippen LogP contribution in [0.2, 0.25) is 0 Å². The number of benzene rings is 4. The zero-order valence-electron chi connectivity index (χ0n) is 15.0. The van der Waals surface area contributed by atoms with Crippen LogP contribution in [0.5, 0.6) is 0 Å². The minimum atomic E-state index is 0.0670. The summed E-state index contributed by atoms with van der Waals surface area (Å²) in [6.45, 7) is 4.18. The van der Waals surface area contributed by atoms with Crippen molar-refractivity contribution in [2.45, 2.75) is 13.8 Å². The van der Waals surface area contributed by atoms with E-state index in [9.17, 15) is 4.79 Å². The second-order valence-corrected chi connectivity index (χ2v) is 6.72. The van der Waals surface area contributed by atoms with Gasteiger partial charge in [0.25, 0.3) is 0 Å². The van der Waals surface area contributed by atoms with Crippen LogP contribution in [0.1, 0.15) is 27.0 Å². The van der Waals surface area contributed by atoms with Crippen LogP contribution in [0.15, 0.2) is 84.9 Å². The third-order valence-electron chi connectivity index (χ3n) is 4.88. The molecule has 0 saturated heterocycles. The number of fused-ring (bicyclic) bond motifs is 1. The Morgan fingerprint density at radius 2 is 1.31 bits per heavy atom. The van der Waals surface area contributed by atoms with Gasteiger partial charge in [0.05, 0.1) is 0 Å². The normalized spacial score (nSPS) is 10.8. The Kier molecular flexibility index (Phi) is 4.14. The molecule has 0 amide bonds. The van der Waals surface area contributed by atoms with Gasteiger partial charge in [-0.05, 0) is 41.3 Å². The van der Waals surface area contributed by atoms with Crippen LogP contribution in [-0.4, -0.2) is 5.78 Å². The fraction of sp³-hybridized carbons (Fsp3) is 0.0800. The molecule has 0 bridgehead atoms. The fourth-order valence-corrected chi connectivity index (χ4v) is 3.50. The Morgan fingerprint density at radius 3 is 2.00 bits per heavy atom. The Balaban J connectivity index is 2.05. The van der Waals surface area contributed by atoms with Crippen molar-refractivity contribution in [3.63, 3.8) is 0 Å². The molecule has 26 heavy (non-hydrogen) atoms. The third-order valence-corrected chi connectivity index (χ3v) is 4.88. The highest BCUT2D eigenvalue weighted by Gasteiger charge is 2.19. The number of ketones is 1. The van der Waals surface area contributed by atoms with Crippen molar-refractivity contribution in [3.05, 3.63) is 107 Å². The average Bonchev–Trinajstić information content (AvgIpc) is 2.69. The molecule has 0 radical (unpaired) electrons. The first-order chi connectivity index (χ1) is 12.6. The van der Waals surface area contributed by atoms with E-state index in [0.717, 1.165) is 33.0 Å². The lowest BCUT2D eigenvalue weighted by Gasteiger charge is -2.15. The lowest BCUT2D eigenvalue weighted by Crippen LogP contribution is -2.05. The molecule has 1 heteroatoms. The number of carbonyl (C=O) groups is 1. The van der Waals surface area contributed by atoms with Gasteiger partial charge in [0, 0.05) is 11.1 Å². The predicted molar refractivity (Wildman–Crippen MR) is 109 cm³/mol. The lowest BCUT2D eigenvalue weighted by atomic mass is 9.87. The fourth-order valence-electron chi connectivity index (χ4n) is 3.50. The highest BCUT2D eigenvalue weighted by atomic mass is 16.1. The van der Waals surface area contributed by atoms with Crippen molar-refractivity contribution in [1.29, 1.82) is 0 Å². The van der Waals surface area contributed by atoms with Gasteiger partial charge in [-0.15, -0.1) is 0 Å². The summed E-state index contributed by atoms with van der Waals surface area (Å²) in [4.78, 5) is 13.4. The summed E-state index contributed by atoms with van der Waals surface area (Å²) in [5.74, 6) is 0.0670. The molecule has 4 aromatic rings. The number of aryl methyl sites for hydroxylation is 2. The summed E-state index contributed by atoms with van der Waals surface area (Å²) in [7, 11) is 0. The van der Waals surface area contributed by atoms with Gasteiger partial charge in [-0.25, -0.2) is 0 Å². The van der Waals surface area contributed by atoms with E-state index >= 15 is 0 Å². The molecule has 0 atom stereocenters. The summed E-state index contributed by atoms with van der Waals surface area (Å²) in [5, 5.41) is 2.14. The van der Waals surface area contributed by atoms with Gasteiger partial charge < -0.3 is 0 Å². The minimum absolute atomic E-state index is 0.0670. The monoisotopic (exact) mass is 336 g/mol.